The molecule has 0 aromatic carbocycles. The molecule has 172 valence electrons. The Bertz CT molecular complexity index is 387. The molecular formula is C24H46O5. The van der Waals surface area contributed by atoms with E-state index < -0.39 is 24.4 Å². The van der Waals surface area contributed by atoms with Crippen LogP contribution in [0.25, 0.3) is 0 Å². The molecule has 1 saturated heterocycles. The molecule has 0 aliphatic carbocycles. The molecule has 0 spiro atoms. The highest BCUT2D eigenvalue weighted by molar-refractivity contribution is 4.87. The maximum atomic E-state index is 10.1. The summed E-state index contributed by atoms with van der Waals surface area (Å²) in [6, 6.07) is 0. The standard InChI is InChI=1S/C24H46O5/c1-2-3-4-5-6-7-8-9-10-11-12-13-14-15-16-17-18-28-24-21(26)20-29-22(19-25)23(24)27/h6-7,21-27H,2-5,8-20H2,1H3/b7-6+/t21-,22+,23+,24+/m1/s1. The summed E-state index contributed by atoms with van der Waals surface area (Å²) >= 11 is 0. The van der Waals surface area contributed by atoms with E-state index in [1.54, 1.807) is 0 Å². The molecule has 29 heavy (non-hydrogen) atoms. The molecule has 0 saturated carbocycles. The van der Waals surface area contributed by atoms with E-state index in [-0.39, 0.29) is 13.2 Å². The van der Waals surface area contributed by atoms with Gasteiger partial charge in [-0.1, -0.05) is 76.9 Å². The van der Waals surface area contributed by atoms with Crippen molar-refractivity contribution in [3.63, 3.8) is 0 Å². The molecule has 4 atom stereocenters. The predicted molar refractivity (Wildman–Crippen MR) is 118 cm³/mol. The van der Waals surface area contributed by atoms with Gasteiger partial charge in [-0.25, -0.2) is 0 Å². The smallest absolute Gasteiger partial charge is 0.114 e. The topological polar surface area (TPSA) is 79.2 Å². The lowest BCUT2D eigenvalue weighted by molar-refractivity contribution is -0.210. The van der Waals surface area contributed by atoms with Crippen LogP contribution < -0.4 is 0 Å². The summed E-state index contributed by atoms with van der Waals surface area (Å²) in [5, 5.41) is 29.1. The summed E-state index contributed by atoms with van der Waals surface area (Å²) < 4.78 is 10.8. The van der Waals surface area contributed by atoms with E-state index in [2.05, 4.69) is 19.1 Å². The lowest BCUT2D eigenvalue weighted by atomic mass is 10.0. The molecule has 0 unspecified atom stereocenters. The first-order valence-corrected chi connectivity index (χ1v) is 12.1. The minimum absolute atomic E-state index is 0.0994. The molecule has 3 N–H and O–H groups in total. The molecule has 1 fully saturated rings. The summed E-state index contributed by atoms with van der Waals surface area (Å²) in [5.41, 5.74) is 0. The molecule has 5 nitrogen and oxygen atoms in total. The average molecular weight is 415 g/mol. The first-order valence-electron chi connectivity index (χ1n) is 12.1. The van der Waals surface area contributed by atoms with Gasteiger partial charge < -0.3 is 24.8 Å². The number of hydrogen-bond acceptors (Lipinski definition) is 5. The fraction of sp³-hybridized carbons (Fsp3) is 0.917. The van der Waals surface area contributed by atoms with Crippen LogP contribution in [0, 0.1) is 0 Å². The Balaban J connectivity index is 1.85. The first kappa shape index (κ1) is 26.6. The second-order valence-corrected chi connectivity index (χ2v) is 8.39. The molecule has 0 aromatic rings. The fourth-order valence-corrected chi connectivity index (χ4v) is 3.79. The van der Waals surface area contributed by atoms with Gasteiger partial charge in [-0.15, -0.1) is 0 Å². The zero-order chi connectivity index (χ0) is 21.2. The van der Waals surface area contributed by atoms with Gasteiger partial charge in [-0.3, -0.25) is 0 Å². The molecule has 1 aliphatic rings. The van der Waals surface area contributed by atoms with Crippen LogP contribution in [-0.2, 0) is 9.47 Å². The van der Waals surface area contributed by atoms with E-state index in [0.29, 0.717) is 6.61 Å². The number of ether oxygens (including phenoxy) is 2. The molecule has 1 heterocycles. The van der Waals surface area contributed by atoms with E-state index in [4.69, 9.17) is 14.6 Å². The van der Waals surface area contributed by atoms with Crippen LogP contribution in [0.1, 0.15) is 96.8 Å². The van der Waals surface area contributed by atoms with E-state index in [0.717, 1.165) is 12.8 Å². The van der Waals surface area contributed by atoms with Gasteiger partial charge in [-0.2, -0.15) is 0 Å². The van der Waals surface area contributed by atoms with Crippen molar-refractivity contribution in [3.05, 3.63) is 12.2 Å². The number of unbranched alkanes of at least 4 members (excludes halogenated alkanes) is 12. The van der Waals surface area contributed by atoms with Crippen LogP contribution in [0.4, 0.5) is 0 Å². The fourth-order valence-electron chi connectivity index (χ4n) is 3.79. The Kier molecular flexibility index (Phi) is 16.8. The van der Waals surface area contributed by atoms with Crippen LogP contribution >= 0.6 is 0 Å². The largest absolute Gasteiger partial charge is 0.394 e. The third-order valence-corrected chi connectivity index (χ3v) is 5.72. The summed E-state index contributed by atoms with van der Waals surface area (Å²) in [4.78, 5) is 0. The number of hydrogen-bond donors (Lipinski definition) is 3. The van der Waals surface area contributed by atoms with Gasteiger partial charge >= 0.3 is 0 Å². The maximum absolute atomic E-state index is 10.1. The molecule has 0 amide bonds. The van der Waals surface area contributed by atoms with Crippen molar-refractivity contribution in [1.29, 1.82) is 0 Å². The van der Waals surface area contributed by atoms with E-state index in [1.165, 1.54) is 77.0 Å². The van der Waals surface area contributed by atoms with Gasteiger partial charge in [0, 0.05) is 6.61 Å². The van der Waals surface area contributed by atoms with Gasteiger partial charge in [0.15, 0.2) is 0 Å². The Hall–Kier alpha value is -0.460. The normalized spacial score (nSPS) is 25.1. The molecule has 0 aromatic heterocycles. The third kappa shape index (κ3) is 12.7. The number of rotatable bonds is 18. The predicted octanol–water partition coefficient (Wildman–Crippen LogP) is 4.52. The molecule has 0 radical (unpaired) electrons. The van der Waals surface area contributed by atoms with E-state index >= 15 is 0 Å². The second kappa shape index (κ2) is 18.3. The Morgan fingerprint density at radius 3 is 1.97 bits per heavy atom. The van der Waals surface area contributed by atoms with Crippen molar-refractivity contribution in [3.8, 4) is 0 Å². The first-order chi connectivity index (χ1) is 14.2. The van der Waals surface area contributed by atoms with Gasteiger partial charge in [0.1, 0.15) is 24.4 Å². The Morgan fingerprint density at radius 1 is 0.828 bits per heavy atom. The van der Waals surface area contributed by atoms with Crippen molar-refractivity contribution < 1.29 is 24.8 Å². The quantitative estimate of drug-likeness (QED) is 0.227. The Labute approximate surface area is 178 Å². The highest BCUT2D eigenvalue weighted by Gasteiger charge is 2.38. The zero-order valence-corrected chi connectivity index (χ0v) is 18.6. The van der Waals surface area contributed by atoms with Crippen LogP contribution in [0.5, 0.6) is 0 Å². The van der Waals surface area contributed by atoms with Crippen LogP contribution in [-0.4, -0.2) is 59.6 Å². The minimum Gasteiger partial charge on any atom is -0.394 e. The van der Waals surface area contributed by atoms with Crippen molar-refractivity contribution in [2.24, 2.45) is 0 Å². The number of aliphatic hydroxyl groups excluding tert-OH is 3. The van der Waals surface area contributed by atoms with Crippen molar-refractivity contribution in [1.82, 2.24) is 0 Å². The van der Waals surface area contributed by atoms with Crippen molar-refractivity contribution in [2.75, 3.05) is 19.8 Å². The van der Waals surface area contributed by atoms with Gasteiger partial charge in [0.05, 0.1) is 13.2 Å². The number of allylic oxidation sites excluding steroid dienone is 2. The average Bonchev–Trinajstić information content (AvgIpc) is 2.72. The van der Waals surface area contributed by atoms with E-state index in [1.807, 2.05) is 0 Å². The Morgan fingerprint density at radius 2 is 1.38 bits per heavy atom. The highest BCUT2D eigenvalue weighted by atomic mass is 16.6. The summed E-state index contributed by atoms with van der Waals surface area (Å²) in [7, 11) is 0. The minimum atomic E-state index is -0.972. The van der Waals surface area contributed by atoms with Gasteiger partial charge in [0.25, 0.3) is 0 Å². The molecule has 5 heteroatoms. The monoisotopic (exact) mass is 414 g/mol. The molecule has 1 rings (SSSR count). The number of aliphatic hydroxyl groups is 3. The van der Waals surface area contributed by atoms with Crippen molar-refractivity contribution in [2.45, 2.75) is 121 Å². The van der Waals surface area contributed by atoms with Gasteiger partial charge in [0.2, 0.25) is 0 Å². The van der Waals surface area contributed by atoms with Crippen LogP contribution in [0.2, 0.25) is 0 Å². The zero-order valence-electron chi connectivity index (χ0n) is 18.6. The summed E-state index contributed by atoms with van der Waals surface area (Å²) in [6.07, 6.45) is 19.3. The molecule has 1 aliphatic heterocycles. The summed E-state index contributed by atoms with van der Waals surface area (Å²) in [6.45, 7) is 2.62. The third-order valence-electron chi connectivity index (χ3n) is 5.72. The van der Waals surface area contributed by atoms with Crippen LogP contribution in [0.15, 0.2) is 12.2 Å². The van der Waals surface area contributed by atoms with E-state index in [9.17, 15) is 10.2 Å². The lowest BCUT2D eigenvalue weighted by Crippen LogP contribution is -2.55. The molecule has 0 bridgehead atoms. The second-order valence-electron chi connectivity index (χ2n) is 8.39. The summed E-state index contributed by atoms with van der Waals surface area (Å²) in [5.74, 6) is 0. The SMILES string of the molecule is CCCCC/C=C/CCCCCCCCCCCO[C@@H]1[C@@H](O)[C@H](CO)OC[C@H]1O. The highest BCUT2D eigenvalue weighted by Crippen LogP contribution is 2.19. The lowest BCUT2D eigenvalue weighted by Gasteiger charge is -2.37. The van der Waals surface area contributed by atoms with Crippen LogP contribution in [0.3, 0.4) is 0 Å². The van der Waals surface area contributed by atoms with Crippen molar-refractivity contribution >= 4 is 0 Å². The molecular weight excluding hydrogens is 368 g/mol. The maximum Gasteiger partial charge on any atom is 0.114 e. The van der Waals surface area contributed by atoms with Gasteiger partial charge in [-0.05, 0) is 32.1 Å².